The summed E-state index contributed by atoms with van der Waals surface area (Å²) in [5, 5.41) is 13.3. The van der Waals surface area contributed by atoms with Gasteiger partial charge in [0.05, 0.1) is 17.1 Å². The number of imidazole rings is 1. The molecule has 0 aliphatic rings. The first kappa shape index (κ1) is 14.1. The van der Waals surface area contributed by atoms with E-state index in [1.165, 1.54) is 10.6 Å². The molecule has 2 N–H and O–H groups in total. The minimum atomic E-state index is -1.07. The monoisotopic (exact) mass is 320 g/mol. The Morgan fingerprint density at radius 2 is 2.04 bits per heavy atom. The second-order valence-corrected chi connectivity index (χ2v) is 5.15. The number of carboxylic acids is 1. The number of nitrogens with one attached hydrogen (secondary N) is 1. The Morgan fingerprint density at radius 1 is 1.17 bits per heavy atom. The minimum Gasteiger partial charge on any atom is -0.477 e. The molecule has 0 aliphatic carbocycles. The van der Waals surface area contributed by atoms with Gasteiger partial charge in [-0.25, -0.2) is 14.8 Å². The zero-order chi connectivity index (χ0) is 16.5. The van der Waals surface area contributed by atoms with Gasteiger partial charge in [0.2, 0.25) is 5.95 Å². The van der Waals surface area contributed by atoms with Crippen LogP contribution in [-0.4, -0.2) is 35.4 Å². The van der Waals surface area contributed by atoms with E-state index in [1.807, 2.05) is 12.1 Å². The molecule has 0 aromatic carbocycles. The topological polar surface area (TPSA) is 105 Å². The van der Waals surface area contributed by atoms with Gasteiger partial charge in [-0.15, -0.1) is 0 Å². The maximum absolute atomic E-state index is 11.5. The number of hydrogen-bond donors (Lipinski definition) is 2. The number of carboxylic acid groups (broad SMARTS) is 1. The molecule has 8 nitrogen and oxygen atoms in total. The number of aromatic carboxylic acids is 1. The van der Waals surface area contributed by atoms with E-state index < -0.39 is 5.97 Å². The molecule has 0 amide bonds. The predicted molar refractivity (Wildman–Crippen MR) is 86.8 cm³/mol. The maximum Gasteiger partial charge on any atom is 0.354 e. The summed E-state index contributed by atoms with van der Waals surface area (Å²) in [7, 11) is 0. The van der Waals surface area contributed by atoms with E-state index in [2.05, 4.69) is 25.3 Å². The zero-order valence-electron chi connectivity index (χ0n) is 12.4. The summed E-state index contributed by atoms with van der Waals surface area (Å²) in [5.41, 5.74) is 2.18. The number of rotatable bonds is 4. The SMILES string of the molecule is O=C(O)c1cnc2c3cnccc3nc(NCc3cccnc3)n12. The summed E-state index contributed by atoms with van der Waals surface area (Å²) in [6, 6.07) is 5.53. The number of nitrogens with zero attached hydrogens (tertiary/aromatic N) is 5. The summed E-state index contributed by atoms with van der Waals surface area (Å²) in [5.74, 6) is -0.667. The number of pyridine rings is 2. The number of fused-ring (bicyclic) bond motifs is 3. The molecule has 0 unspecified atom stereocenters. The van der Waals surface area contributed by atoms with Gasteiger partial charge in [-0.2, -0.15) is 0 Å². The van der Waals surface area contributed by atoms with Crippen LogP contribution in [0.2, 0.25) is 0 Å². The number of aromatic nitrogens is 5. The average molecular weight is 320 g/mol. The minimum absolute atomic E-state index is 0.0388. The Kier molecular flexibility index (Phi) is 3.27. The van der Waals surface area contributed by atoms with E-state index in [1.54, 1.807) is 30.9 Å². The highest BCUT2D eigenvalue weighted by atomic mass is 16.4. The Balaban J connectivity index is 1.87. The van der Waals surface area contributed by atoms with Crippen molar-refractivity contribution in [3.8, 4) is 0 Å². The Hall–Kier alpha value is -3.55. The van der Waals surface area contributed by atoms with E-state index >= 15 is 0 Å². The van der Waals surface area contributed by atoms with Gasteiger partial charge in [0, 0.05) is 31.3 Å². The van der Waals surface area contributed by atoms with Gasteiger partial charge in [0.1, 0.15) is 0 Å². The molecule has 0 spiro atoms. The van der Waals surface area contributed by atoms with Crippen molar-refractivity contribution in [3.05, 3.63) is 60.4 Å². The van der Waals surface area contributed by atoms with Gasteiger partial charge >= 0.3 is 5.97 Å². The molecule has 0 radical (unpaired) electrons. The van der Waals surface area contributed by atoms with Crippen LogP contribution in [0.25, 0.3) is 16.6 Å². The summed E-state index contributed by atoms with van der Waals surface area (Å²) in [6.07, 6.45) is 8.02. The van der Waals surface area contributed by atoms with E-state index in [9.17, 15) is 9.90 Å². The lowest BCUT2D eigenvalue weighted by atomic mass is 10.3. The van der Waals surface area contributed by atoms with Gasteiger partial charge in [0.15, 0.2) is 11.3 Å². The lowest BCUT2D eigenvalue weighted by molar-refractivity contribution is 0.0689. The van der Waals surface area contributed by atoms with Crippen molar-refractivity contribution in [2.75, 3.05) is 5.32 Å². The normalized spacial score (nSPS) is 11.0. The number of hydrogen-bond acceptors (Lipinski definition) is 6. The van der Waals surface area contributed by atoms with Crippen molar-refractivity contribution in [1.82, 2.24) is 24.3 Å². The molecular weight excluding hydrogens is 308 g/mol. The van der Waals surface area contributed by atoms with Crippen LogP contribution in [0.1, 0.15) is 16.1 Å². The number of anilines is 1. The van der Waals surface area contributed by atoms with Gasteiger partial charge < -0.3 is 10.4 Å². The average Bonchev–Trinajstić information content (AvgIpc) is 3.06. The van der Waals surface area contributed by atoms with Crippen LogP contribution in [0.15, 0.2) is 49.2 Å². The van der Waals surface area contributed by atoms with Gasteiger partial charge in [0.25, 0.3) is 0 Å². The highest BCUT2D eigenvalue weighted by Gasteiger charge is 2.17. The lowest BCUT2D eigenvalue weighted by Crippen LogP contribution is -2.11. The van der Waals surface area contributed by atoms with E-state index in [0.717, 1.165) is 5.56 Å². The van der Waals surface area contributed by atoms with Crippen molar-refractivity contribution in [3.63, 3.8) is 0 Å². The summed E-state index contributed by atoms with van der Waals surface area (Å²) >= 11 is 0. The van der Waals surface area contributed by atoms with E-state index in [-0.39, 0.29) is 5.69 Å². The molecular formula is C16H12N6O2. The fourth-order valence-corrected chi connectivity index (χ4v) is 2.53. The predicted octanol–water partition coefficient (Wildman–Crippen LogP) is 1.98. The third kappa shape index (κ3) is 2.30. The first-order valence-corrected chi connectivity index (χ1v) is 7.21. The fraction of sp³-hybridized carbons (Fsp3) is 0.0625. The standard InChI is InChI=1S/C16H12N6O2/c23-15(24)13-9-19-14-11-8-18-5-3-12(11)21-16(22(13)14)20-7-10-2-1-4-17-6-10/h1-6,8-9H,7H2,(H,20,21)(H,23,24). The maximum atomic E-state index is 11.5. The zero-order valence-corrected chi connectivity index (χ0v) is 12.4. The second kappa shape index (κ2) is 5.58. The molecule has 0 aliphatic heterocycles. The first-order chi connectivity index (χ1) is 11.7. The number of carbonyl (C=O) groups is 1. The van der Waals surface area contributed by atoms with Crippen LogP contribution in [0, 0.1) is 0 Å². The quantitative estimate of drug-likeness (QED) is 0.592. The summed E-state index contributed by atoms with van der Waals surface area (Å²) < 4.78 is 1.49. The molecule has 0 atom stereocenters. The van der Waals surface area contributed by atoms with Gasteiger partial charge in [-0.05, 0) is 17.7 Å². The van der Waals surface area contributed by atoms with Crippen molar-refractivity contribution in [2.45, 2.75) is 6.54 Å². The molecule has 0 bridgehead atoms. The smallest absolute Gasteiger partial charge is 0.354 e. The molecule has 4 aromatic heterocycles. The fourth-order valence-electron chi connectivity index (χ4n) is 2.53. The van der Waals surface area contributed by atoms with Crippen LogP contribution < -0.4 is 5.32 Å². The van der Waals surface area contributed by atoms with Crippen molar-refractivity contribution in [1.29, 1.82) is 0 Å². The first-order valence-electron chi connectivity index (χ1n) is 7.21. The van der Waals surface area contributed by atoms with Crippen LogP contribution in [0.3, 0.4) is 0 Å². The van der Waals surface area contributed by atoms with Gasteiger partial charge in [-0.1, -0.05) is 6.07 Å². The summed E-state index contributed by atoms with van der Waals surface area (Å²) in [4.78, 5) is 28.4. The molecule has 0 fully saturated rings. The van der Waals surface area contributed by atoms with Crippen LogP contribution in [0.4, 0.5) is 5.95 Å². The lowest BCUT2D eigenvalue weighted by Gasteiger charge is -2.11. The molecule has 4 aromatic rings. The molecule has 24 heavy (non-hydrogen) atoms. The largest absolute Gasteiger partial charge is 0.477 e. The molecule has 0 saturated carbocycles. The van der Waals surface area contributed by atoms with Crippen LogP contribution in [0.5, 0.6) is 0 Å². The molecule has 4 rings (SSSR count). The van der Waals surface area contributed by atoms with Gasteiger partial charge in [-0.3, -0.25) is 14.4 Å². The van der Waals surface area contributed by atoms with Crippen molar-refractivity contribution < 1.29 is 9.90 Å². The second-order valence-electron chi connectivity index (χ2n) is 5.15. The highest BCUT2D eigenvalue weighted by molar-refractivity contribution is 5.95. The third-order valence-corrected chi connectivity index (χ3v) is 3.63. The third-order valence-electron chi connectivity index (χ3n) is 3.63. The van der Waals surface area contributed by atoms with Crippen molar-refractivity contribution in [2.24, 2.45) is 0 Å². The molecule has 4 heterocycles. The van der Waals surface area contributed by atoms with Crippen LogP contribution in [-0.2, 0) is 6.54 Å². The Labute approximate surface area is 135 Å². The Bertz CT molecular complexity index is 1040. The van der Waals surface area contributed by atoms with E-state index in [0.29, 0.717) is 29.0 Å². The van der Waals surface area contributed by atoms with Crippen molar-refractivity contribution >= 4 is 28.5 Å². The van der Waals surface area contributed by atoms with Crippen LogP contribution >= 0.6 is 0 Å². The highest BCUT2D eigenvalue weighted by Crippen LogP contribution is 2.22. The molecule has 118 valence electrons. The molecule has 8 heteroatoms. The Morgan fingerprint density at radius 3 is 2.83 bits per heavy atom. The van der Waals surface area contributed by atoms with E-state index in [4.69, 9.17) is 0 Å². The molecule has 0 saturated heterocycles. The summed E-state index contributed by atoms with van der Waals surface area (Å²) in [6.45, 7) is 0.462.